The molecule has 0 radical (unpaired) electrons. The lowest BCUT2D eigenvalue weighted by molar-refractivity contribution is -0.385. The Balaban J connectivity index is 1.63. The highest BCUT2D eigenvalue weighted by Crippen LogP contribution is 2.19. The summed E-state index contributed by atoms with van der Waals surface area (Å²) in [6.45, 7) is 0.334. The summed E-state index contributed by atoms with van der Waals surface area (Å²) >= 11 is 1.37. The van der Waals surface area contributed by atoms with Crippen molar-refractivity contribution in [1.29, 1.82) is 0 Å². The largest absolute Gasteiger partial charge is 0.308 e. The Hall–Kier alpha value is -2.94. The van der Waals surface area contributed by atoms with Gasteiger partial charge in [-0.1, -0.05) is 42.1 Å². The van der Waals surface area contributed by atoms with Crippen molar-refractivity contribution in [3.05, 3.63) is 69.1 Å². The second kappa shape index (κ2) is 7.09. The third-order valence-corrected chi connectivity index (χ3v) is 4.08. The molecule has 3 rings (SSSR count). The number of aryl methyl sites for hydroxylation is 1. The third kappa shape index (κ3) is 3.69. The van der Waals surface area contributed by atoms with E-state index in [1.54, 1.807) is 0 Å². The number of rotatable bonds is 6. The Kier molecular flexibility index (Phi) is 4.71. The van der Waals surface area contributed by atoms with E-state index in [2.05, 4.69) is 15.2 Å². The van der Waals surface area contributed by atoms with E-state index >= 15 is 0 Å². The van der Waals surface area contributed by atoms with Crippen LogP contribution < -0.4 is 5.56 Å². The minimum atomic E-state index is -0.523. The van der Waals surface area contributed by atoms with Crippen LogP contribution in [0.4, 0.5) is 5.69 Å². The predicted octanol–water partition coefficient (Wildman–Crippen LogP) is 2.33. The van der Waals surface area contributed by atoms with E-state index in [-0.39, 0.29) is 11.2 Å². The molecular weight excluding hydrogens is 330 g/mol. The van der Waals surface area contributed by atoms with Gasteiger partial charge in [-0.3, -0.25) is 20.0 Å². The number of pyridine rings is 1. The first kappa shape index (κ1) is 15.9. The van der Waals surface area contributed by atoms with Crippen LogP contribution in [-0.4, -0.2) is 30.4 Å². The molecule has 9 heteroatoms. The van der Waals surface area contributed by atoms with Crippen LogP contribution in [-0.2, 0) is 6.54 Å². The average Bonchev–Trinajstić information content (AvgIpc) is 3.06. The number of H-pyrrole nitrogens is 1. The van der Waals surface area contributed by atoms with Gasteiger partial charge >= 0.3 is 0 Å². The molecule has 0 amide bonds. The number of hydrogen-bond donors (Lipinski definition) is 1. The fourth-order valence-electron chi connectivity index (χ4n) is 2.07. The van der Waals surface area contributed by atoms with E-state index in [9.17, 15) is 14.9 Å². The molecule has 0 aliphatic heterocycles. The Morgan fingerprint density at radius 3 is 2.75 bits per heavy atom. The molecule has 0 atom stereocenters. The summed E-state index contributed by atoms with van der Waals surface area (Å²) in [6, 6.07) is 12.0. The maximum Gasteiger partial charge on any atom is 0.285 e. The van der Waals surface area contributed by atoms with Crippen LogP contribution >= 0.6 is 11.8 Å². The Bertz CT molecular complexity index is 907. The van der Waals surface area contributed by atoms with Gasteiger partial charge in [-0.2, -0.15) is 0 Å². The molecule has 122 valence electrons. The Labute approximate surface area is 140 Å². The van der Waals surface area contributed by atoms with Gasteiger partial charge in [0.2, 0.25) is 5.16 Å². The predicted molar refractivity (Wildman–Crippen MR) is 89.9 cm³/mol. The van der Waals surface area contributed by atoms with Crippen LogP contribution in [0.5, 0.6) is 0 Å². The zero-order valence-electron chi connectivity index (χ0n) is 12.5. The van der Waals surface area contributed by atoms with E-state index in [4.69, 9.17) is 0 Å². The van der Waals surface area contributed by atoms with Gasteiger partial charge in [0.25, 0.3) is 11.2 Å². The monoisotopic (exact) mass is 343 g/mol. The number of nitrogens with zero attached hydrogens (tertiary/aromatic N) is 4. The van der Waals surface area contributed by atoms with Crippen molar-refractivity contribution in [2.45, 2.75) is 11.7 Å². The van der Waals surface area contributed by atoms with Gasteiger partial charge in [-0.25, -0.2) is 4.98 Å². The standard InChI is InChI=1S/C15H13N5O3S/c21-13-7-6-12(20(22)23)10-19(13)8-9-24-15-16-14(17-18-15)11-4-2-1-3-5-11/h1-7,10H,8-9H2,(H,16,17,18). The van der Waals surface area contributed by atoms with Crippen molar-refractivity contribution >= 4 is 17.4 Å². The highest BCUT2D eigenvalue weighted by molar-refractivity contribution is 7.99. The zero-order chi connectivity index (χ0) is 16.9. The van der Waals surface area contributed by atoms with Crippen LogP contribution in [0, 0.1) is 10.1 Å². The third-order valence-electron chi connectivity index (χ3n) is 3.25. The molecule has 0 aliphatic rings. The second-order valence-corrected chi connectivity index (χ2v) is 5.92. The SMILES string of the molecule is O=c1ccc([N+](=O)[O-])cn1CCSc1n[nH]c(-c2ccccc2)n1. The van der Waals surface area contributed by atoms with E-state index in [0.717, 1.165) is 5.56 Å². The smallest absolute Gasteiger partial charge is 0.285 e. The lowest BCUT2D eigenvalue weighted by Crippen LogP contribution is -2.19. The molecule has 0 spiro atoms. The number of nitro groups is 1. The van der Waals surface area contributed by atoms with E-state index < -0.39 is 4.92 Å². The summed E-state index contributed by atoms with van der Waals surface area (Å²) < 4.78 is 1.32. The molecule has 2 heterocycles. The maximum absolute atomic E-state index is 11.7. The van der Waals surface area contributed by atoms with Gasteiger partial charge in [-0.05, 0) is 0 Å². The average molecular weight is 343 g/mol. The fourth-order valence-corrected chi connectivity index (χ4v) is 2.81. The minimum Gasteiger partial charge on any atom is -0.308 e. The molecule has 1 N–H and O–H groups in total. The lowest BCUT2D eigenvalue weighted by Gasteiger charge is -2.03. The number of aromatic amines is 1. The molecule has 0 saturated carbocycles. The summed E-state index contributed by atoms with van der Waals surface area (Å²) in [7, 11) is 0. The van der Waals surface area contributed by atoms with Crippen molar-refractivity contribution in [2.75, 3.05) is 5.75 Å². The summed E-state index contributed by atoms with van der Waals surface area (Å²) in [4.78, 5) is 26.3. The summed E-state index contributed by atoms with van der Waals surface area (Å²) in [5, 5.41) is 18.3. The molecule has 0 saturated heterocycles. The summed E-state index contributed by atoms with van der Waals surface area (Å²) in [5.41, 5.74) is 0.553. The van der Waals surface area contributed by atoms with Crippen molar-refractivity contribution in [3.63, 3.8) is 0 Å². The van der Waals surface area contributed by atoms with Crippen LogP contribution in [0.25, 0.3) is 11.4 Å². The van der Waals surface area contributed by atoms with Crippen LogP contribution in [0.2, 0.25) is 0 Å². The van der Waals surface area contributed by atoms with Gasteiger partial charge in [0.05, 0.1) is 11.1 Å². The minimum absolute atomic E-state index is 0.108. The molecule has 1 aromatic carbocycles. The highest BCUT2D eigenvalue weighted by Gasteiger charge is 2.09. The van der Waals surface area contributed by atoms with E-state index in [0.29, 0.717) is 23.3 Å². The van der Waals surface area contributed by atoms with Gasteiger partial charge in [-0.15, -0.1) is 5.10 Å². The first-order valence-corrected chi connectivity index (χ1v) is 8.07. The van der Waals surface area contributed by atoms with Crippen molar-refractivity contribution in [3.8, 4) is 11.4 Å². The maximum atomic E-state index is 11.7. The molecule has 0 bridgehead atoms. The van der Waals surface area contributed by atoms with Gasteiger partial charge < -0.3 is 4.57 Å². The van der Waals surface area contributed by atoms with E-state index in [1.807, 2.05) is 30.3 Å². The molecule has 0 unspecified atom stereocenters. The second-order valence-electron chi connectivity index (χ2n) is 4.86. The molecule has 8 nitrogen and oxygen atoms in total. The summed E-state index contributed by atoms with van der Waals surface area (Å²) in [5.74, 6) is 1.19. The fraction of sp³-hybridized carbons (Fsp3) is 0.133. The number of thioether (sulfide) groups is 1. The first-order chi connectivity index (χ1) is 11.6. The Morgan fingerprint density at radius 2 is 2.00 bits per heavy atom. The molecule has 0 aliphatic carbocycles. The molecule has 0 fully saturated rings. The van der Waals surface area contributed by atoms with Gasteiger partial charge in [0.15, 0.2) is 5.82 Å². The normalized spacial score (nSPS) is 10.7. The van der Waals surface area contributed by atoms with Crippen LogP contribution in [0.1, 0.15) is 0 Å². The number of nitrogens with one attached hydrogen (secondary N) is 1. The summed E-state index contributed by atoms with van der Waals surface area (Å²) in [6.07, 6.45) is 1.25. The topological polar surface area (TPSA) is 107 Å². The molecule has 3 aromatic rings. The number of benzene rings is 1. The van der Waals surface area contributed by atoms with Crippen LogP contribution in [0.15, 0.2) is 58.6 Å². The lowest BCUT2D eigenvalue weighted by atomic mass is 10.2. The van der Waals surface area contributed by atoms with Gasteiger partial charge in [0.1, 0.15) is 0 Å². The molecule has 2 aromatic heterocycles. The van der Waals surface area contributed by atoms with Crippen molar-refractivity contribution < 1.29 is 4.92 Å². The number of aromatic nitrogens is 4. The van der Waals surface area contributed by atoms with Crippen molar-refractivity contribution in [1.82, 2.24) is 19.7 Å². The first-order valence-electron chi connectivity index (χ1n) is 7.09. The quantitative estimate of drug-likeness (QED) is 0.418. The number of hydrogen-bond acceptors (Lipinski definition) is 6. The Morgan fingerprint density at radius 1 is 1.21 bits per heavy atom. The van der Waals surface area contributed by atoms with Crippen LogP contribution in [0.3, 0.4) is 0 Å². The molecule has 24 heavy (non-hydrogen) atoms. The zero-order valence-corrected chi connectivity index (χ0v) is 13.3. The van der Waals surface area contributed by atoms with Gasteiger partial charge in [0, 0.05) is 30.0 Å². The highest BCUT2D eigenvalue weighted by atomic mass is 32.2. The van der Waals surface area contributed by atoms with Crippen molar-refractivity contribution in [2.24, 2.45) is 0 Å². The molecular formula is C15H13N5O3S. The van der Waals surface area contributed by atoms with E-state index in [1.165, 1.54) is 34.7 Å².